The zero-order chi connectivity index (χ0) is 17.4. The van der Waals surface area contributed by atoms with Crippen LogP contribution < -0.4 is 5.32 Å². The Balaban J connectivity index is 1.64. The van der Waals surface area contributed by atoms with Gasteiger partial charge in [0.25, 0.3) is 0 Å². The number of Topliss-reactive ketones (excluding diaryl/α,β-unsaturated/α-hetero) is 1. The fraction of sp³-hybridized carbons (Fsp3) is 0.263. The van der Waals surface area contributed by atoms with E-state index >= 15 is 0 Å². The molecule has 5 heteroatoms. The molecular weight excluding hydrogens is 329 g/mol. The van der Waals surface area contributed by atoms with Gasteiger partial charge in [0.05, 0.1) is 0 Å². The summed E-state index contributed by atoms with van der Waals surface area (Å²) in [6, 6.07) is 13.0. The largest absolute Gasteiger partial charge is 0.356 e. The summed E-state index contributed by atoms with van der Waals surface area (Å²) in [5, 5.41) is 3.51. The summed E-state index contributed by atoms with van der Waals surface area (Å²) in [7, 11) is 0. The van der Waals surface area contributed by atoms with Crippen LogP contribution in [0.2, 0.25) is 5.02 Å². The van der Waals surface area contributed by atoms with Crippen LogP contribution in [0.1, 0.15) is 35.2 Å². The van der Waals surface area contributed by atoms with Gasteiger partial charge in [0.1, 0.15) is 5.82 Å². The van der Waals surface area contributed by atoms with E-state index < -0.39 is 0 Å². The van der Waals surface area contributed by atoms with Gasteiger partial charge in [-0.05, 0) is 54.8 Å². The van der Waals surface area contributed by atoms with E-state index in [1.54, 1.807) is 0 Å². The van der Waals surface area contributed by atoms with E-state index in [9.17, 15) is 14.0 Å². The van der Waals surface area contributed by atoms with Gasteiger partial charge in [-0.3, -0.25) is 9.59 Å². The number of nitrogens with one attached hydrogen (secondary N) is 1. The number of amides is 1. The molecule has 0 spiro atoms. The van der Waals surface area contributed by atoms with Crippen LogP contribution in [0.4, 0.5) is 4.39 Å². The third-order valence-corrected chi connectivity index (χ3v) is 3.83. The first kappa shape index (κ1) is 18.1. The van der Waals surface area contributed by atoms with Gasteiger partial charge in [-0.2, -0.15) is 0 Å². The lowest BCUT2D eigenvalue weighted by molar-refractivity contribution is -0.121. The maximum Gasteiger partial charge on any atom is 0.220 e. The number of rotatable bonds is 8. The van der Waals surface area contributed by atoms with Crippen LogP contribution in [0, 0.1) is 5.82 Å². The predicted octanol–water partition coefficient (Wildman–Crippen LogP) is 4.19. The van der Waals surface area contributed by atoms with E-state index in [4.69, 9.17) is 11.6 Å². The second kappa shape index (κ2) is 9.18. The van der Waals surface area contributed by atoms with Gasteiger partial charge < -0.3 is 5.32 Å². The Bertz CT molecular complexity index is 701. The summed E-state index contributed by atoms with van der Waals surface area (Å²) in [6.07, 6.45) is 1.75. The monoisotopic (exact) mass is 347 g/mol. The first-order chi connectivity index (χ1) is 11.5. The van der Waals surface area contributed by atoms with Gasteiger partial charge in [0, 0.05) is 30.0 Å². The quantitative estimate of drug-likeness (QED) is 0.728. The molecule has 0 fully saturated rings. The minimum atomic E-state index is -0.370. The third kappa shape index (κ3) is 6.13. The molecule has 1 N–H and O–H groups in total. The van der Waals surface area contributed by atoms with E-state index in [1.807, 2.05) is 24.3 Å². The van der Waals surface area contributed by atoms with Gasteiger partial charge in [-0.1, -0.05) is 23.7 Å². The first-order valence-corrected chi connectivity index (χ1v) is 8.22. The highest BCUT2D eigenvalue weighted by Crippen LogP contribution is 2.11. The molecule has 0 atom stereocenters. The molecule has 2 rings (SSSR count). The molecule has 0 heterocycles. The van der Waals surface area contributed by atoms with Crippen molar-refractivity contribution in [3.63, 3.8) is 0 Å². The average Bonchev–Trinajstić information content (AvgIpc) is 2.55. The van der Waals surface area contributed by atoms with Gasteiger partial charge in [-0.15, -0.1) is 0 Å². The lowest BCUT2D eigenvalue weighted by atomic mass is 10.1. The SMILES string of the molecule is O=C(CCCC(=O)c1ccc(F)cc1)NCCc1cccc(Cl)c1. The molecule has 2 aromatic carbocycles. The summed E-state index contributed by atoms with van der Waals surface area (Å²) in [4.78, 5) is 23.7. The highest BCUT2D eigenvalue weighted by Gasteiger charge is 2.08. The van der Waals surface area contributed by atoms with Gasteiger partial charge in [0.15, 0.2) is 5.78 Å². The summed E-state index contributed by atoms with van der Waals surface area (Å²) in [6.45, 7) is 0.533. The molecule has 0 aliphatic heterocycles. The molecule has 0 aliphatic rings. The predicted molar refractivity (Wildman–Crippen MR) is 92.7 cm³/mol. The van der Waals surface area contributed by atoms with Crippen LogP contribution in [0.5, 0.6) is 0 Å². The smallest absolute Gasteiger partial charge is 0.220 e. The maximum atomic E-state index is 12.8. The molecule has 0 aliphatic carbocycles. The minimum absolute atomic E-state index is 0.0797. The van der Waals surface area contributed by atoms with E-state index in [0.29, 0.717) is 36.4 Å². The number of carbonyl (C=O) groups excluding carboxylic acids is 2. The molecular formula is C19H19ClFNO2. The molecule has 0 radical (unpaired) electrons. The number of hydrogen-bond acceptors (Lipinski definition) is 2. The molecule has 1 amide bonds. The highest BCUT2D eigenvalue weighted by molar-refractivity contribution is 6.30. The Morgan fingerprint density at radius 1 is 1.04 bits per heavy atom. The van der Waals surface area contributed by atoms with Gasteiger partial charge in [-0.25, -0.2) is 4.39 Å². The van der Waals surface area contributed by atoms with Crippen molar-refractivity contribution in [2.24, 2.45) is 0 Å². The zero-order valence-corrected chi connectivity index (χ0v) is 14.0. The maximum absolute atomic E-state index is 12.8. The lowest BCUT2D eigenvalue weighted by Gasteiger charge is -2.06. The van der Waals surface area contributed by atoms with E-state index in [-0.39, 0.29) is 23.9 Å². The minimum Gasteiger partial charge on any atom is -0.356 e. The van der Waals surface area contributed by atoms with Crippen molar-refractivity contribution >= 4 is 23.3 Å². The van der Waals surface area contributed by atoms with Gasteiger partial charge in [0.2, 0.25) is 5.91 Å². The fourth-order valence-electron chi connectivity index (χ4n) is 2.32. The molecule has 2 aromatic rings. The van der Waals surface area contributed by atoms with E-state index in [0.717, 1.165) is 5.56 Å². The molecule has 0 bridgehead atoms. The van der Waals surface area contributed by atoms with Crippen LogP contribution >= 0.6 is 11.6 Å². The fourth-order valence-corrected chi connectivity index (χ4v) is 2.53. The zero-order valence-electron chi connectivity index (χ0n) is 13.2. The summed E-state index contributed by atoms with van der Waals surface area (Å²) >= 11 is 5.90. The Labute approximate surface area is 145 Å². The Morgan fingerprint density at radius 2 is 1.79 bits per heavy atom. The third-order valence-electron chi connectivity index (χ3n) is 3.60. The van der Waals surface area contributed by atoms with Crippen molar-refractivity contribution in [2.75, 3.05) is 6.54 Å². The Kier molecular flexibility index (Phi) is 6.94. The molecule has 0 saturated heterocycles. The molecule has 0 saturated carbocycles. The molecule has 0 unspecified atom stereocenters. The van der Waals surface area contributed by atoms with Gasteiger partial charge >= 0.3 is 0 Å². The number of hydrogen-bond donors (Lipinski definition) is 1. The Morgan fingerprint density at radius 3 is 2.50 bits per heavy atom. The topological polar surface area (TPSA) is 46.2 Å². The first-order valence-electron chi connectivity index (χ1n) is 7.84. The van der Waals surface area contributed by atoms with Crippen LogP contribution in [0.15, 0.2) is 48.5 Å². The van der Waals surface area contributed by atoms with Crippen LogP contribution in [0.3, 0.4) is 0 Å². The summed E-state index contributed by atoms with van der Waals surface area (Å²) < 4.78 is 12.8. The second-order valence-electron chi connectivity index (χ2n) is 5.51. The molecule has 126 valence electrons. The van der Waals surface area contributed by atoms with E-state index in [1.165, 1.54) is 24.3 Å². The molecule has 0 aromatic heterocycles. The highest BCUT2D eigenvalue weighted by atomic mass is 35.5. The van der Waals surface area contributed by atoms with Crippen LogP contribution in [0.25, 0.3) is 0 Å². The normalized spacial score (nSPS) is 10.4. The lowest BCUT2D eigenvalue weighted by Crippen LogP contribution is -2.25. The van der Waals surface area contributed by atoms with Crippen molar-refractivity contribution in [3.8, 4) is 0 Å². The van der Waals surface area contributed by atoms with Crippen molar-refractivity contribution in [1.29, 1.82) is 0 Å². The second-order valence-corrected chi connectivity index (χ2v) is 5.95. The summed E-state index contributed by atoms with van der Waals surface area (Å²) in [5.41, 5.74) is 1.53. The van der Waals surface area contributed by atoms with Crippen molar-refractivity contribution in [3.05, 3.63) is 70.5 Å². The number of ketones is 1. The van der Waals surface area contributed by atoms with Crippen LogP contribution in [-0.2, 0) is 11.2 Å². The number of halogens is 2. The van der Waals surface area contributed by atoms with Crippen molar-refractivity contribution in [2.45, 2.75) is 25.7 Å². The molecule has 3 nitrogen and oxygen atoms in total. The van der Waals surface area contributed by atoms with Crippen molar-refractivity contribution < 1.29 is 14.0 Å². The average molecular weight is 348 g/mol. The molecule has 24 heavy (non-hydrogen) atoms. The van der Waals surface area contributed by atoms with E-state index in [2.05, 4.69) is 5.32 Å². The standard InChI is InChI=1S/C19H19ClFNO2/c20-16-4-1-3-14(13-16)11-12-22-19(24)6-2-5-18(23)15-7-9-17(21)10-8-15/h1,3-4,7-10,13H,2,5-6,11-12H2,(H,22,24). The Hall–Kier alpha value is -2.20. The summed E-state index contributed by atoms with van der Waals surface area (Å²) in [5.74, 6) is -0.531. The number of carbonyl (C=O) groups is 2. The van der Waals surface area contributed by atoms with Crippen LogP contribution in [-0.4, -0.2) is 18.2 Å². The van der Waals surface area contributed by atoms with Crippen molar-refractivity contribution in [1.82, 2.24) is 5.32 Å². The number of benzene rings is 2.